The van der Waals surface area contributed by atoms with Crippen LogP contribution in [0.5, 0.6) is 11.5 Å². The lowest BCUT2D eigenvalue weighted by atomic mass is 10.1. The molecule has 2 rings (SSSR count). The first-order valence-electron chi connectivity index (χ1n) is 6.05. The molecule has 1 heterocycles. The standard InChI is InChI=1S/C14H10BrF4NO2/c1-20-6-5-9(15)11(14(20)21)22-10-7(12(16)17)3-2-4-8(10)13(18)19/h2-6,12-13H,1H3. The molecule has 2 aromatic rings. The van der Waals surface area contributed by atoms with Crippen molar-refractivity contribution in [3.05, 3.63) is 56.4 Å². The zero-order valence-corrected chi connectivity index (χ0v) is 12.8. The van der Waals surface area contributed by atoms with E-state index in [0.717, 1.165) is 22.8 Å². The topological polar surface area (TPSA) is 31.2 Å². The third kappa shape index (κ3) is 3.16. The molecule has 0 radical (unpaired) electrons. The third-order valence-corrected chi connectivity index (χ3v) is 3.55. The smallest absolute Gasteiger partial charge is 0.294 e. The van der Waals surface area contributed by atoms with Crippen molar-refractivity contribution in [3.8, 4) is 11.5 Å². The van der Waals surface area contributed by atoms with Crippen molar-refractivity contribution >= 4 is 15.9 Å². The summed E-state index contributed by atoms with van der Waals surface area (Å²) in [6.07, 6.45) is -4.60. The Balaban J connectivity index is 2.63. The van der Waals surface area contributed by atoms with E-state index in [4.69, 9.17) is 4.74 Å². The van der Waals surface area contributed by atoms with Gasteiger partial charge in [-0.15, -0.1) is 0 Å². The molecule has 0 amide bonds. The summed E-state index contributed by atoms with van der Waals surface area (Å²) in [5, 5.41) is 0. The maximum atomic E-state index is 13.0. The number of halogens is 5. The highest BCUT2D eigenvalue weighted by Crippen LogP contribution is 2.40. The lowest BCUT2D eigenvalue weighted by molar-refractivity contribution is 0.137. The van der Waals surface area contributed by atoms with Gasteiger partial charge in [0.25, 0.3) is 18.4 Å². The Morgan fingerprint density at radius 3 is 2.09 bits per heavy atom. The van der Waals surface area contributed by atoms with E-state index < -0.39 is 35.3 Å². The predicted octanol–water partition coefficient (Wildman–Crippen LogP) is 4.82. The van der Waals surface area contributed by atoms with E-state index in [-0.39, 0.29) is 10.2 Å². The number of hydrogen-bond donors (Lipinski definition) is 0. The van der Waals surface area contributed by atoms with Gasteiger partial charge in [0.05, 0.1) is 15.6 Å². The molecule has 1 aromatic carbocycles. The van der Waals surface area contributed by atoms with E-state index in [1.807, 2.05) is 0 Å². The van der Waals surface area contributed by atoms with Crippen molar-refractivity contribution in [2.45, 2.75) is 12.9 Å². The van der Waals surface area contributed by atoms with E-state index in [1.165, 1.54) is 19.3 Å². The first-order chi connectivity index (χ1) is 10.3. The molecular formula is C14H10BrF4NO2. The molecule has 0 atom stereocenters. The first kappa shape index (κ1) is 16.5. The minimum Gasteiger partial charge on any atom is -0.449 e. The molecule has 0 aliphatic carbocycles. The monoisotopic (exact) mass is 379 g/mol. The number of rotatable bonds is 4. The van der Waals surface area contributed by atoms with Gasteiger partial charge in [0.15, 0.2) is 0 Å². The fourth-order valence-electron chi connectivity index (χ4n) is 1.81. The highest BCUT2D eigenvalue weighted by molar-refractivity contribution is 9.10. The molecule has 0 aliphatic heterocycles. The number of hydrogen-bond acceptors (Lipinski definition) is 2. The lowest BCUT2D eigenvalue weighted by Crippen LogP contribution is -2.18. The summed E-state index contributed by atoms with van der Waals surface area (Å²) in [5.41, 5.74) is -2.04. The quantitative estimate of drug-likeness (QED) is 0.713. The number of nitrogens with zero attached hydrogens (tertiary/aromatic N) is 1. The molecule has 0 fully saturated rings. The Bertz CT molecular complexity index is 720. The first-order valence-corrected chi connectivity index (χ1v) is 6.84. The molecule has 0 aliphatic rings. The second-order valence-electron chi connectivity index (χ2n) is 4.38. The van der Waals surface area contributed by atoms with Gasteiger partial charge >= 0.3 is 0 Å². The van der Waals surface area contributed by atoms with Crippen LogP contribution in [-0.4, -0.2) is 4.57 Å². The molecular weight excluding hydrogens is 370 g/mol. The van der Waals surface area contributed by atoms with E-state index in [2.05, 4.69) is 15.9 Å². The molecule has 0 spiro atoms. The zero-order valence-electron chi connectivity index (χ0n) is 11.2. The van der Waals surface area contributed by atoms with Crippen molar-refractivity contribution in [3.63, 3.8) is 0 Å². The summed E-state index contributed by atoms with van der Waals surface area (Å²) in [6.45, 7) is 0. The normalized spacial score (nSPS) is 11.3. The van der Waals surface area contributed by atoms with Gasteiger partial charge in [-0.05, 0) is 34.1 Å². The summed E-state index contributed by atoms with van der Waals surface area (Å²) < 4.78 is 58.6. The summed E-state index contributed by atoms with van der Waals surface area (Å²) in [6, 6.07) is 4.50. The van der Waals surface area contributed by atoms with Crippen molar-refractivity contribution in [2.75, 3.05) is 0 Å². The highest BCUT2D eigenvalue weighted by Gasteiger charge is 2.24. The number of para-hydroxylation sites is 1. The Labute approximate surface area is 131 Å². The summed E-state index contributed by atoms with van der Waals surface area (Å²) in [5.74, 6) is -1.03. The lowest BCUT2D eigenvalue weighted by Gasteiger charge is -2.15. The predicted molar refractivity (Wildman–Crippen MR) is 75.8 cm³/mol. The van der Waals surface area contributed by atoms with Crippen LogP contribution in [-0.2, 0) is 7.05 Å². The minimum atomic E-state index is -3.01. The van der Waals surface area contributed by atoms with Crippen LogP contribution < -0.4 is 10.3 Å². The molecule has 22 heavy (non-hydrogen) atoms. The van der Waals surface area contributed by atoms with Crippen molar-refractivity contribution in [1.29, 1.82) is 0 Å². The van der Waals surface area contributed by atoms with Gasteiger partial charge in [-0.2, -0.15) is 0 Å². The van der Waals surface area contributed by atoms with Gasteiger partial charge < -0.3 is 9.30 Å². The van der Waals surface area contributed by atoms with Gasteiger partial charge in [0.2, 0.25) is 5.75 Å². The minimum absolute atomic E-state index is 0.180. The number of pyridine rings is 1. The number of aryl methyl sites for hydroxylation is 1. The molecule has 3 nitrogen and oxygen atoms in total. The summed E-state index contributed by atoms with van der Waals surface area (Å²) in [7, 11) is 1.43. The average Bonchev–Trinajstić information content (AvgIpc) is 2.47. The fourth-order valence-corrected chi connectivity index (χ4v) is 2.18. The Morgan fingerprint density at radius 2 is 1.59 bits per heavy atom. The van der Waals surface area contributed by atoms with Gasteiger partial charge in [-0.1, -0.05) is 6.07 Å². The van der Waals surface area contributed by atoms with E-state index in [9.17, 15) is 22.4 Å². The van der Waals surface area contributed by atoms with Gasteiger partial charge in [-0.25, -0.2) is 17.6 Å². The largest absolute Gasteiger partial charge is 0.449 e. The highest BCUT2D eigenvalue weighted by atomic mass is 79.9. The molecule has 0 saturated heterocycles. The molecule has 0 saturated carbocycles. The van der Waals surface area contributed by atoms with Crippen molar-refractivity contribution in [2.24, 2.45) is 7.05 Å². The third-order valence-electron chi connectivity index (χ3n) is 2.93. The maximum Gasteiger partial charge on any atom is 0.294 e. The molecule has 118 valence electrons. The molecule has 0 N–H and O–H groups in total. The van der Waals surface area contributed by atoms with Crippen LogP contribution in [0, 0.1) is 0 Å². The van der Waals surface area contributed by atoms with Gasteiger partial charge in [0.1, 0.15) is 5.75 Å². The summed E-state index contributed by atoms with van der Waals surface area (Å²) in [4.78, 5) is 12.0. The second-order valence-corrected chi connectivity index (χ2v) is 5.23. The van der Waals surface area contributed by atoms with Crippen LogP contribution in [0.2, 0.25) is 0 Å². The number of benzene rings is 1. The second kappa shape index (κ2) is 6.51. The Kier molecular flexibility index (Phi) is 4.90. The van der Waals surface area contributed by atoms with E-state index >= 15 is 0 Å². The van der Waals surface area contributed by atoms with Crippen LogP contribution in [0.15, 0.2) is 39.7 Å². The Hall–Kier alpha value is -1.83. The summed E-state index contributed by atoms with van der Waals surface area (Å²) >= 11 is 3.05. The van der Waals surface area contributed by atoms with Crippen LogP contribution in [0.3, 0.4) is 0 Å². The van der Waals surface area contributed by atoms with E-state index in [0.29, 0.717) is 0 Å². The maximum absolute atomic E-state index is 13.0. The van der Waals surface area contributed by atoms with Crippen LogP contribution in [0.1, 0.15) is 24.0 Å². The zero-order chi connectivity index (χ0) is 16.4. The van der Waals surface area contributed by atoms with Crippen LogP contribution in [0.25, 0.3) is 0 Å². The average molecular weight is 380 g/mol. The van der Waals surface area contributed by atoms with Crippen LogP contribution >= 0.6 is 15.9 Å². The number of alkyl halides is 4. The molecule has 0 bridgehead atoms. The fraction of sp³-hybridized carbons (Fsp3) is 0.214. The van der Waals surface area contributed by atoms with Crippen molar-refractivity contribution < 1.29 is 22.3 Å². The van der Waals surface area contributed by atoms with Crippen LogP contribution in [0.4, 0.5) is 17.6 Å². The van der Waals surface area contributed by atoms with Gasteiger partial charge in [-0.3, -0.25) is 4.79 Å². The van der Waals surface area contributed by atoms with E-state index in [1.54, 1.807) is 0 Å². The van der Waals surface area contributed by atoms with Gasteiger partial charge in [0, 0.05) is 13.2 Å². The van der Waals surface area contributed by atoms with Crippen molar-refractivity contribution in [1.82, 2.24) is 4.57 Å². The molecule has 8 heteroatoms. The number of aromatic nitrogens is 1. The number of ether oxygens (including phenoxy) is 1. The molecule has 0 unspecified atom stereocenters. The SMILES string of the molecule is Cn1ccc(Br)c(Oc2c(C(F)F)cccc2C(F)F)c1=O. The molecule has 1 aromatic heterocycles. The Morgan fingerprint density at radius 1 is 1.05 bits per heavy atom.